The first kappa shape index (κ1) is 14.7. The highest BCUT2D eigenvalue weighted by molar-refractivity contribution is 9.10. The number of aryl methyl sites for hydroxylation is 1. The Bertz CT molecular complexity index is 664. The van der Waals surface area contributed by atoms with Gasteiger partial charge in [-0.15, -0.1) is 0 Å². The van der Waals surface area contributed by atoms with Gasteiger partial charge in [0.1, 0.15) is 5.82 Å². The van der Waals surface area contributed by atoms with Crippen LogP contribution in [-0.2, 0) is 4.74 Å². The number of carbonyl (C=O) groups is 1. The minimum atomic E-state index is -0.540. The fourth-order valence-corrected chi connectivity index (χ4v) is 2.23. The second-order valence-electron chi connectivity index (χ2n) is 3.99. The van der Waals surface area contributed by atoms with Gasteiger partial charge in [0.15, 0.2) is 5.69 Å². The van der Waals surface area contributed by atoms with Gasteiger partial charge < -0.3 is 10.1 Å². The fourth-order valence-electron chi connectivity index (χ4n) is 1.51. The van der Waals surface area contributed by atoms with Gasteiger partial charge in [-0.25, -0.2) is 9.78 Å². The highest BCUT2D eigenvalue weighted by Crippen LogP contribution is 2.30. The van der Waals surface area contributed by atoms with Crippen LogP contribution in [0.25, 0.3) is 0 Å². The van der Waals surface area contributed by atoms with E-state index >= 15 is 0 Å². The standard InChI is InChI=1S/C13H11BrClN3O2/c1-7-3-8(14)10(4-9(7)15)17-12-6-16-5-11(18-12)13(19)20-2/h3-6H,1-2H3,(H,17,18). The second-order valence-corrected chi connectivity index (χ2v) is 5.25. The number of nitrogens with zero attached hydrogens (tertiary/aromatic N) is 2. The number of nitrogens with one attached hydrogen (secondary N) is 1. The third-order valence-corrected chi connectivity index (χ3v) is 3.60. The zero-order valence-electron chi connectivity index (χ0n) is 10.8. The Labute approximate surface area is 129 Å². The molecule has 7 heteroatoms. The van der Waals surface area contributed by atoms with Crippen molar-refractivity contribution in [1.29, 1.82) is 0 Å². The van der Waals surface area contributed by atoms with Gasteiger partial charge in [-0.2, -0.15) is 0 Å². The van der Waals surface area contributed by atoms with Gasteiger partial charge in [0, 0.05) is 9.50 Å². The Kier molecular flexibility index (Phi) is 4.57. The van der Waals surface area contributed by atoms with Crippen LogP contribution in [0.4, 0.5) is 11.5 Å². The van der Waals surface area contributed by atoms with Crippen LogP contribution in [0.5, 0.6) is 0 Å². The molecule has 0 saturated heterocycles. The van der Waals surface area contributed by atoms with Crippen LogP contribution in [0.15, 0.2) is 29.0 Å². The van der Waals surface area contributed by atoms with E-state index in [2.05, 4.69) is 36.0 Å². The van der Waals surface area contributed by atoms with Gasteiger partial charge in [0.2, 0.25) is 0 Å². The second kappa shape index (κ2) is 6.19. The molecular formula is C13H11BrClN3O2. The van der Waals surface area contributed by atoms with Gasteiger partial charge in [-0.1, -0.05) is 11.6 Å². The average molecular weight is 357 g/mol. The van der Waals surface area contributed by atoms with Crippen LogP contribution < -0.4 is 5.32 Å². The molecule has 1 aromatic carbocycles. The molecule has 0 amide bonds. The molecule has 0 aliphatic carbocycles. The van der Waals surface area contributed by atoms with E-state index in [0.717, 1.165) is 15.7 Å². The maximum Gasteiger partial charge on any atom is 0.358 e. The first-order chi connectivity index (χ1) is 9.51. The van der Waals surface area contributed by atoms with E-state index in [1.54, 1.807) is 6.07 Å². The fraction of sp³-hybridized carbons (Fsp3) is 0.154. The van der Waals surface area contributed by atoms with Crippen molar-refractivity contribution in [2.24, 2.45) is 0 Å². The maximum absolute atomic E-state index is 11.4. The number of benzene rings is 1. The first-order valence-electron chi connectivity index (χ1n) is 5.64. The molecule has 0 aliphatic rings. The Balaban J connectivity index is 2.31. The van der Waals surface area contributed by atoms with Crippen molar-refractivity contribution in [2.45, 2.75) is 6.92 Å². The van der Waals surface area contributed by atoms with E-state index in [9.17, 15) is 4.79 Å². The smallest absolute Gasteiger partial charge is 0.358 e. The minimum Gasteiger partial charge on any atom is -0.464 e. The Morgan fingerprint density at radius 1 is 1.40 bits per heavy atom. The molecule has 0 aliphatic heterocycles. The number of carbonyl (C=O) groups excluding carboxylic acids is 1. The van der Waals surface area contributed by atoms with E-state index in [-0.39, 0.29) is 5.69 Å². The number of methoxy groups -OCH3 is 1. The van der Waals surface area contributed by atoms with Gasteiger partial charge in [-0.05, 0) is 40.5 Å². The summed E-state index contributed by atoms with van der Waals surface area (Å²) in [5.74, 6) is -0.115. The number of halogens is 2. The summed E-state index contributed by atoms with van der Waals surface area (Å²) >= 11 is 9.52. The molecule has 0 spiro atoms. The van der Waals surface area contributed by atoms with Crippen molar-refractivity contribution in [3.63, 3.8) is 0 Å². The summed E-state index contributed by atoms with van der Waals surface area (Å²) in [7, 11) is 1.29. The van der Waals surface area contributed by atoms with Crippen LogP contribution in [0, 0.1) is 6.92 Å². The van der Waals surface area contributed by atoms with Crippen molar-refractivity contribution in [3.8, 4) is 0 Å². The summed E-state index contributed by atoms with van der Waals surface area (Å²) in [6, 6.07) is 3.66. The summed E-state index contributed by atoms with van der Waals surface area (Å²) < 4.78 is 5.44. The van der Waals surface area contributed by atoms with Crippen LogP contribution in [0.1, 0.15) is 16.1 Å². The third-order valence-electron chi connectivity index (χ3n) is 2.54. The van der Waals surface area contributed by atoms with E-state index in [0.29, 0.717) is 10.8 Å². The molecule has 1 aromatic heterocycles. The lowest BCUT2D eigenvalue weighted by Crippen LogP contribution is -2.07. The molecule has 2 rings (SSSR count). The van der Waals surface area contributed by atoms with Crippen molar-refractivity contribution in [2.75, 3.05) is 12.4 Å². The van der Waals surface area contributed by atoms with Gasteiger partial charge >= 0.3 is 5.97 Å². The van der Waals surface area contributed by atoms with Gasteiger partial charge in [-0.3, -0.25) is 4.98 Å². The number of anilines is 2. The Morgan fingerprint density at radius 2 is 2.15 bits per heavy atom. The molecule has 1 N–H and O–H groups in total. The van der Waals surface area contributed by atoms with Gasteiger partial charge in [0.05, 0.1) is 25.2 Å². The monoisotopic (exact) mass is 355 g/mol. The molecule has 0 bridgehead atoms. The zero-order valence-corrected chi connectivity index (χ0v) is 13.1. The van der Waals surface area contributed by atoms with E-state index < -0.39 is 5.97 Å². The molecule has 0 fully saturated rings. The van der Waals surface area contributed by atoms with Crippen molar-refractivity contribution < 1.29 is 9.53 Å². The minimum absolute atomic E-state index is 0.131. The predicted octanol–water partition coefficient (Wildman–Crippen LogP) is 3.73. The topological polar surface area (TPSA) is 64.1 Å². The zero-order chi connectivity index (χ0) is 14.7. The molecule has 0 unspecified atom stereocenters. The third kappa shape index (κ3) is 3.26. The first-order valence-corrected chi connectivity index (χ1v) is 6.81. The lowest BCUT2D eigenvalue weighted by atomic mass is 10.2. The molecule has 2 aromatic rings. The SMILES string of the molecule is COC(=O)c1cncc(Nc2cc(Cl)c(C)cc2Br)n1. The van der Waals surface area contributed by atoms with Crippen LogP contribution in [0.3, 0.4) is 0 Å². The lowest BCUT2D eigenvalue weighted by Gasteiger charge is -2.10. The van der Waals surface area contributed by atoms with Crippen molar-refractivity contribution >= 4 is 45.0 Å². The Morgan fingerprint density at radius 3 is 2.85 bits per heavy atom. The summed E-state index contributed by atoms with van der Waals surface area (Å²) in [6.07, 6.45) is 2.85. The van der Waals surface area contributed by atoms with E-state index in [4.69, 9.17) is 11.6 Å². The molecular weight excluding hydrogens is 346 g/mol. The maximum atomic E-state index is 11.4. The molecule has 0 saturated carbocycles. The quantitative estimate of drug-likeness (QED) is 0.849. The summed E-state index contributed by atoms with van der Waals surface area (Å²) in [5, 5.41) is 3.68. The van der Waals surface area contributed by atoms with Crippen LogP contribution in [0.2, 0.25) is 5.02 Å². The molecule has 5 nitrogen and oxygen atoms in total. The summed E-state index contributed by atoms with van der Waals surface area (Å²) in [4.78, 5) is 19.5. The Hall–Kier alpha value is -1.66. The highest BCUT2D eigenvalue weighted by Gasteiger charge is 2.10. The number of hydrogen-bond acceptors (Lipinski definition) is 5. The normalized spacial score (nSPS) is 10.2. The van der Waals surface area contributed by atoms with Crippen LogP contribution >= 0.6 is 27.5 Å². The predicted molar refractivity (Wildman–Crippen MR) is 80.5 cm³/mol. The molecule has 0 radical (unpaired) electrons. The largest absolute Gasteiger partial charge is 0.464 e. The molecule has 1 heterocycles. The molecule has 20 heavy (non-hydrogen) atoms. The van der Waals surface area contributed by atoms with Gasteiger partial charge in [0.25, 0.3) is 0 Å². The summed E-state index contributed by atoms with van der Waals surface area (Å²) in [6.45, 7) is 1.91. The van der Waals surface area contributed by atoms with E-state index in [1.165, 1.54) is 19.5 Å². The number of esters is 1. The van der Waals surface area contributed by atoms with Crippen molar-refractivity contribution in [1.82, 2.24) is 9.97 Å². The average Bonchev–Trinajstić information content (AvgIpc) is 2.44. The number of ether oxygens (including phenoxy) is 1. The summed E-state index contributed by atoms with van der Waals surface area (Å²) in [5.41, 5.74) is 1.82. The lowest BCUT2D eigenvalue weighted by molar-refractivity contribution is 0.0593. The number of rotatable bonds is 3. The molecule has 104 valence electrons. The molecule has 0 atom stereocenters. The number of aromatic nitrogens is 2. The van der Waals surface area contributed by atoms with Crippen LogP contribution in [-0.4, -0.2) is 23.0 Å². The number of hydrogen-bond donors (Lipinski definition) is 1. The van der Waals surface area contributed by atoms with E-state index in [1.807, 2.05) is 13.0 Å². The highest BCUT2D eigenvalue weighted by atomic mass is 79.9. The van der Waals surface area contributed by atoms with Crippen molar-refractivity contribution in [3.05, 3.63) is 45.3 Å².